The van der Waals surface area contributed by atoms with Crippen molar-refractivity contribution < 1.29 is 32.6 Å². The summed E-state index contributed by atoms with van der Waals surface area (Å²) in [4.78, 5) is 25.0. The van der Waals surface area contributed by atoms with Crippen LogP contribution in [0.1, 0.15) is 18.4 Å². The third kappa shape index (κ3) is 6.18. The molecule has 1 aromatic rings. The Morgan fingerprint density at radius 1 is 1.41 bits per heavy atom. The number of likely N-dealkylation sites (N-methyl/N-ethyl adjacent to an activating group) is 1. The fourth-order valence-electron chi connectivity index (χ4n) is 3.23. The van der Waals surface area contributed by atoms with Gasteiger partial charge in [-0.3, -0.25) is 9.69 Å². The van der Waals surface area contributed by atoms with Gasteiger partial charge >= 0.3 is 12.1 Å². The highest BCUT2D eigenvalue weighted by atomic mass is 32.1. The Hall–Kier alpha value is -1.65. The summed E-state index contributed by atoms with van der Waals surface area (Å²) in [5, 5.41) is 11.5. The number of thiophene rings is 1. The first kappa shape index (κ1) is 21.6. The van der Waals surface area contributed by atoms with E-state index in [0.29, 0.717) is 5.92 Å². The molecule has 1 aromatic heterocycles. The highest BCUT2D eigenvalue weighted by molar-refractivity contribution is 7.07. The number of piperidine rings is 1. The predicted molar refractivity (Wildman–Crippen MR) is 93.4 cm³/mol. The summed E-state index contributed by atoms with van der Waals surface area (Å²) in [5.74, 6) is -2.08. The quantitative estimate of drug-likeness (QED) is 0.832. The van der Waals surface area contributed by atoms with E-state index in [1.54, 1.807) is 30.3 Å². The molecule has 0 bridgehead atoms. The number of hydrogen-bond donors (Lipinski definition) is 1. The number of amides is 1. The first-order chi connectivity index (χ1) is 12.6. The van der Waals surface area contributed by atoms with Crippen LogP contribution in [-0.2, 0) is 20.9 Å². The maximum absolute atomic E-state index is 12.0. The lowest BCUT2D eigenvalue weighted by atomic mass is 9.91. The number of aliphatic carboxylic acids is 1. The molecule has 0 saturated carbocycles. The maximum Gasteiger partial charge on any atom is 0.490 e. The van der Waals surface area contributed by atoms with Crippen molar-refractivity contribution >= 4 is 23.2 Å². The maximum atomic E-state index is 12.0. The molecule has 0 unspecified atom stereocenters. The van der Waals surface area contributed by atoms with Crippen molar-refractivity contribution in [1.29, 1.82) is 0 Å². The minimum absolute atomic E-state index is 0.115. The van der Waals surface area contributed by atoms with Gasteiger partial charge in [0.1, 0.15) is 6.10 Å². The second kappa shape index (κ2) is 9.03. The van der Waals surface area contributed by atoms with Crippen LogP contribution < -0.4 is 0 Å². The van der Waals surface area contributed by atoms with Gasteiger partial charge in [0.25, 0.3) is 5.91 Å². The van der Waals surface area contributed by atoms with Crippen LogP contribution in [0.3, 0.4) is 0 Å². The van der Waals surface area contributed by atoms with E-state index in [4.69, 9.17) is 14.6 Å². The van der Waals surface area contributed by atoms with Gasteiger partial charge in [0, 0.05) is 27.2 Å². The van der Waals surface area contributed by atoms with Crippen molar-refractivity contribution in [3.8, 4) is 0 Å². The van der Waals surface area contributed by atoms with E-state index >= 15 is 0 Å². The van der Waals surface area contributed by atoms with Crippen molar-refractivity contribution in [2.45, 2.75) is 37.8 Å². The van der Waals surface area contributed by atoms with E-state index in [1.807, 2.05) is 0 Å². The molecule has 10 heteroatoms. The minimum Gasteiger partial charge on any atom is -0.475 e. The minimum atomic E-state index is -5.08. The molecule has 6 nitrogen and oxygen atoms in total. The summed E-state index contributed by atoms with van der Waals surface area (Å²) in [6.45, 7) is 3.07. The van der Waals surface area contributed by atoms with Crippen LogP contribution in [0.15, 0.2) is 16.8 Å². The van der Waals surface area contributed by atoms with Gasteiger partial charge in [-0.15, -0.1) is 0 Å². The van der Waals surface area contributed by atoms with E-state index in [1.165, 1.54) is 5.56 Å². The first-order valence-corrected chi connectivity index (χ1v) is 9.42. The number of alkyl halides is 3. The molecule has 3 atom stereocenters. The molecule has 0 spiro atoms. The van der Waals surface area contributed by atoms with E-state index in [2.05, 4.69) is 21.7 Å². The SMILES string of the molecule is CN(C)C(=O)[C@H]1C[C@@H]2CCN(Cc3ccsc3)C[C@H]2O1.O=C(O)C(F)(F)F. The van der Waals surface area contributed by atoms with Gasteiger partial charge in [0.15, 0.2) is 0 Å². The number of likely N-dealkylation sites (tertiary alicyclic amines) is 1. The zero-order chi connectivity index (χ0) is 20.2. The molecule has 2 fully saturated rings. The highest BCUT2D eigenvalue weighted by Gasteiger charge is 2.42. The number of carboxylic acid groups (broad SMARTS) is 1. The van der Waals surface area contributed by atoms with E-state index in [-0.39, 0.29) is 18.1 Å². The Bertz CT molecular complexity index is 637. The van der Waals surface area contributed by atoms with Crippen molar-refractivity contribution in [2.75, 3.05) is 27.2 Å². The molecular weight excluding hydrogens is 385 g/mol. The lowest BCUT2D eigenvalue weighted by molar-refractivity contribution is -0.192. The van der Waals surface area contributed by atoms with Crippen molar-refractivity contribution in [2.24, 2.45) is 5.92 Å². The molecule has 2 aliphatic rings. The fourth-order valence-corrected chi connectivity index (χ4v) is 3.89. The summed E-state index contributed by atoms with van der Waals surface area (Å²) in [5.41, 5.74) is 1.38. The second-order valence-corrected chi connectivity index (χ2v) is 7.63. The van der Waals surface area contributed by atoms with E-state index in [0.717, 1.165) is 32.5 Å². The average Bonchev–Trinajstić information content (AvgIpc) is 3.22. The monoisotopic (exact) mass is 408 g/mol. The number of hydrogen-bond acceptors (Lipinski definition) is 5. The highest BCUT2D eigenvalue weighted by Crippen LogP contribution is 2.34. The molecule has 0 aliphatic carbocycles. The molecule has 0 aromatic carbocycles. The summed E-state index contributed by atoms with van der Waals surface area (Å²) < 4.78 is 37.7. The van der Waals surface area contributed by atoms with Gasteiger partial charge in [-0.25, -0.2) is 4.79 Å². The van der Waals surface area contributed by atoms with Crippen LogP contribution in [0.2, 0.25) is 0 Å². The number of rotatable bonds is 3. The standard InChI is InChI=1S/C15H22N2O2S.C2HF3O2/c1-16(2)15(18)13-7-12-3-5-17(9-14(12)19-13)8-11-4-6-20-10-11;3-2(4,5)1(6)7/h4,6,10,12-14H,3,5,7-9H2,1-2H3;(H,6,7)/t12-,13+,14+;/m0./s1. The molecule has 1 amide bonds. The Balaban J connectivity index is 0.000000321. The number of fused-ring (bicyclic) bond motifs is 1. The van der Waals surface area contributed by atoms with Gasteiger partial charge in [0.2, 0.25) is 0 Å². The zero-order valence-corrected chi connectivity index (χ0v) is 15.9. The molecule has 152 valence electrons. The van der Waals surface area contributed by atoms with Crippen molar-refractivity contribution in [3.63, 3.8) is 0 Å². The van der Waals surface area contributed by atoms with Gasteiger partial charge in [-0.1, -0.05) is 0 Å². The van der Waals surface area contributed by atoms with Crippen LogP contribution in [0.4, 0.5) is 13.2 Å². The lowest BCUT2D eigenvalue weighted by Gasteiger charge is -2.33. The van der Waals surface area contributed by atoms with Crippen molar-refractivity contribution in [3.05, 3.63) is 22.4 Å². The lowest BCUT2D eigenvalue weighted by Crippen LogP contribution is -2.42. The number of halogens is 3. The number of carboxylic acids is 1. The van der Waals surface area contributed by atoms with Crippen LogP contribution in [0.25, 0.3) is 0 Å². The smallest absolute Gasteiger partial charge is 0.475 e. The molecule has 3 heterocycles. The van der Waals surface area contributed by atoms with Crippen LogP contribution in [-0.4, -0.2) is 72.4 Å². The number of ether oxygens (including phenoxy) is 1. The van der Waals surface area contributed by atoms with Gasteiger partial charge in [0.05, 0.1) is 6.10 Å². The molecule has 27 heavy (non-hydrogen) atoms. The van der Waals surface area contributed by atoms with Gasteiger partial charge in [-0.05, 0) is 47.7 Å². The molecule has 2 saturated heterocycles. The summed E-state index contributed by atoms with van der Waals surface area (Å²) in [6, 6.07) is 2.19. The Morgan fingerprint density at radius 2 is 2.07 bits per heavy atom. The molecule has 1 N–H and O–H groups in total. The van der Waals surface area contributed by atoms with E-state index in [9.17, 15) is 18.0 Å². The normalized spacial score (nSPS) is 25.3. The topological polar surface area (TPSA) is 70.1 Å². The number of carbonyl (C=O) groups is 2. The van der Waals surface area contributed by atoms with Crippen LogP contribution in [0.5, 0.6) is 0 Å². The average molecular weight is 408 g/mol. The molecule has 0 radical (unpaired) electrons. The summed E-state index contributed by atoms with van der Waals surface area (Å²) >= 11 is 1.75. The Kier molecular flexibility index (Phi) is 7.24. The number of nitrogens with zero attached hydrogens (tertiary/aromatic N) is 2. The number of carbonyl (C=O) groups excluding carboxylic acids is 1. The summed E-state index contributed by atoms with van der Waals surface area (Å²) in [6.07, 6.45) is -3.03. The van der Waals surface area contributed by atoms with Gasteiger partial charge in [-0.2, -0.15) is 24.5 Å². The molecule has 3 rings (SSSR count). The molecular formula is C17H23F3N2O4S. The zero-order valence-electron chi connectivity index (χ0n) is 15.1. The predicted octanol–water partition coefficient (Wildman–Crippen LogP) is 2.45. The third-order valence-electron chi connectivity index (χ3n) is 4.58. The van der Waals surface area contributed by atoms with Crippen LogP contribution in [0, 0.1) is 5.92 Å². The summed E-state index contributed by atoms with van der Waals surface area (Å²) in [7, 11) is 3.60. The molecule has 2 aliphatic heterocycles. The van der Waals surface area contributed by atoms with Crippen LogP contribution >= 0.6 is 11.3 Å². The first-order valence-electron chi connectivity index (χ1n) is 8.48. The second-order valence-electron chi connectivity index (χ2n) is 6.85. The largest absolute Gasteiger partial charge is 0.490 e. The Labute approximate surface area is 159 Å². The Morgan fingerprint density at radius 3 is 2.59 bits per heavy atom. The van der Waals surface area contributed by atoms with Gasteiger partial charge < -0.3 is 14.7 Å². The third-order valence-corrected chi connectivity index (χ3v) is 5.31. The van der Waals surface area contributed by atoms with Crippen molar-refractivity contribution in [1.82, 2.24) is 9.80 Å². The fraction of sp³-hybridized carbons (Fsp3) is 0.647. The van der Waals surface area contributed by atoms with E-state index < -0.39 is 12.1 Å².